The van der Waals surface area contributed by atoms with Crippen LogP contribution in [0.1, 0.15) is 16.7 Å². The molecule has 0 atom stereocenters. The van der Waals surface area contributed by atoms with Crippen molar-refractivity contribution in [1.29, 1.82) is 0 Å². The van der Waals surface area contributed by atoms with E-state index in [9.17, 15) is 14.4 Å². The van der Waals surface area contributed by atoms with Crippen LogP contribution >= 0.6 is 0 Å². The number of carbonyl (C=O) groups is 3. The number of hydrogen-bond donors (Lipinski definition) is 1. The summed E-state index contributed by atoms with van der Waals surface area (Å²) in [5.74, 6) is -0.273. The van der Waals surface area contributed by atoms with Gasteiger partial charge in [0.1, 0.15) is 5.57 Å². The number of methoxy groups -OCH3 is 1. The molecule has 2 saturated heterocycles. The number of nitrogens with zero attached hydrogens (tertiary/aromatic N) is 2. The molecular formula is C25H27N3O6. The summed E-state index contributed by atoms with van der Waals surface area (Å²) in [6.07, 6.45) is 1.50. The zero-order chi connectivity index (χ0) is 24.2. The van der Waals surface area contributed by atoms with Gasteiger partial charge in [0.2, 0.25) is 0 Å². The Kier molecular flexibility index (Phi) is 6.83. The predicted octanol–water partition coefficient (Wildman–Crippen LogP) is 2.01. The molecule has 34 heavy (non-hydrogen) atoms. The van der Waals surface area contributed by atoms with Crippen LogP contribution in [0, 0.1) is 13.8 Å². The van der Waals surface area contributed by atoms with E-state index in [4.69, 9.17) is 14.2 Å². The molecule has 4 rings (SSSR count). The predicted molar refractivity (Wildman–Crippen MR) is 125 cm³/mol. The zero-order valence-electron chi connectivity index (χ0n) is 19.4. The number of morpholine rings is 1. The van der Waals surface area contributed by atoms with Gasteiger partial charge in [0.05, 0.1) is 26.0 Å². The van der Waals surface area contributed by atoms with Gasteiger partial charge in [-0.25, -0.2) is 5.01 Å². The lowest BCUT2D eigenvalue weighted by molar-refractivity contribution is -0.137. The number of benzene rings is 2. The molecule has 178 valence electrons. The van der Waals surface area contributed by atoms with Crippen molar-refractivity contribution in [3.8, 4) is 11.5 Å². The van der Waals surface area contributed by atoms with Crippen LogP contribution in [0.15, 0.2) is 42.0 Å². The second-order valence-corrected chi connectivity index (χ2v) is 8.10. The molecule has 3 amide bonds. The molecule has 0 aromatic heterocycles. The van der Waals surface area contributed by atoms with Crippen LogP contribution in [0.4, 0.5) is 5.69 Å². The number of carbonyl (C=O) groups excluding carboxylic acids is 3. The molecule has 0 aliphatic carbocycles. The molecule has 2 fully saturated rings. The van der Waals surface area contributed by atoms with Crippen LogP contribution in [-0.2, 0) is 19.1 Å². The van der Waals surface area contributed by atoms with E-state index in [2.05, 4.69) is 5.43 Å². The van der Waals surface area contributed by atoms with Crippen molar-refractivity contribution in [2.45, 2.75) is 13.8 Å². The van der Waals surface area contributed by atoms with Gasteiger partial charge >= 0.3 is 0 Å². The molecule has 9 heteroatoms. The van der Waals surface area contributed by atoms with Crippen molar-refractivity contribution in [3.05, 3.63) is 58.7 Å². The number of rotatable bonds is 6. The minimum atomic E-state index is -0.487. The fraction of sp³-hybridized carbons (Fsp3) is 0.320. The molecule has 2 heterocycles. The van der Waals surface area contributed by atoms with Crippen molar-refractivity contribution in [2.75, 3.05) is 45.0 Å². The zero-order valence-corrected chi connectivity index (χ0v) is 19.4. The van der Waals surface area contributed by atoms with E-state index in [0.717, 1.165) is 11.1 Å². The first-order valence-electron chi connectivity index (χ1n) is 11.0. The van der Waals surface area contributed by atoms with Crippen molar-refractivity contribution < 1.29 is 28.6 Å². The Morgan fingerprint density at radius 1 is 1.06 bits per heavy atom. The van der Waals surface area contributed by atoms with E-state index in [1.165, 1.54) is 18.2 Å². The Labute approximate surface area is 197 Å². The highest BCUT2D eigenvalue weighted by Gasteiger charge is 2.34. The van der Waals surface area contributed by atoms with Crippen LogP contribution in [0.25, 0.3) is 6.08 Å². The first-order chi connectivity index (χ1) is 16.4. The lowest BCUT2D eigenvalue weighted by Crippen LogP contribution is -2.43. The lowest BCUT2D eigenvalue weighted by atomic mass is 10.1. The Morgan fingerprint density at radius 3 is 2.53 bits per heavy atom. The summed E-state index contributed by atoms with van der Waals surface area (Å²) in [4.78, 5) is 39.5. The molecule has 2 aromatic rings. The molecule has 2 aliphatic rings. The molecule has 9 nitrogen and oxygen atoms in total. The summed E-state index contributed by atoms with van der Waals surface area (Å²) in [5, 5.41) is 1.24. The van der Waals surface area contributed by atoms with Crippen LogP contribution in [0.2, 0.25) is 0 Å². The number of nitrogens with one attached hydrogen (secondary N) is 1. The maximum Gasteiger partial charge on any atom is 0.282 e. The first kappa shape index (κ1) is 23.3. The maximum atomic E-state index is 12.9. The van der Waals surface area contributed by atoms with E-state index >= 15 is 0 Å². The number of hydrogen-bond acceptors (Lipinski definition) is 6. The van der Waals surface area contributed by atoms with Crippen LogP contribution in [-0.4, -0.2) is 62.6 Å². The fourth-order valence-electron chi connectivity index (χ4n) is 3.71. The van der Waals surface area contributed by atoms with Gasteiger partial charge in [0, 0.05) is 13.1 Å². The number of anilines is 1. The van der Waals surface area contributed by atoms with Crippen molar-refractivity contribution in [3.63, 3.8) is 0 Å². The summed E-state index contributed by atoms with van der Waals surface area (Å²) >= 11 is 0. The summed E-state index contributed by atoms with van der Waals surface area (Å²) in [6.45, 7) is 5.93. The number of aryl methyl sites for hydroxylation is 2. The third-order valence-electron chi connectivity index (χ3n) is 5.85. The van der Waals surface area contributed by atoms with Gasteiger partial charge in [-0.05, 0) is 60.9 Å². The van der Waals surface area contributed by atoms with Gasteiger partial charge in [-0.3, -0.25) is 19.8 Å². The van der Waals surface area contributed by atoms with Gasteiger partial charge < -0.3 is 19.1 Å². The van der Waals surface area contributed by atoms with E-state index in [-0.39, 0.29) is 18.1 Å². The summed E-state index contributed by atoms with van der Waals surface area (Å²) < 4.78 is 16.3. The molecule has 0 radical (unpaired) electrons. The van der Waals surface area contributed by atoms with Gasteiger partial charge in [0.15, 0.2) is 18.1 Å². The van der Waals surface area contributed by atoms with Crippen molar-refractivity contribution in [1.82, 2.24) is 10.3 Å². The quantitative estimate of drug-likeness (QED) is 0.518. The minimum absolute atomic E-state index is 0.0106. The number of ether oxygens (including phenoxy) is 3. The van der Waals surface area contributed by atoms with Crippen LogP contribution in [0.3, 0.4) is 0 Å². The molecule has 0 saturated carbocycles. The highest BCUT2D eigenvalue weighted by Crippen LogP contribution is 2.30. The van der Waals surface area contributed by atoms with Gasteiger partial charge in [-0.2, -0.15) is 0 Å². The van der Waals surface area contributed by atoms with Gasteiger partial charge in [0.25, 0.3) is 17.7 Å². The SMILES string of the molecule is COc1cc(/C=C2\C(=O)NN(c3ccc(C)c(C)c3)C2=O)ccc1OCC(=O)N1CCOCC1. The molecule has 2 aromatic carbocycles. The average Bonchev–Trinajstić information content (AvgIpc) is 3.13. The van der Waals surface area contributed by atoms with Gasteiger partial charge in [-0.1, -0.05) is 12.1 Å². The Bertz CT molecular complexity index is 1150. The topological polar surface area (TPSA) is 97.4 Å². The maximum absolute atomic E-state index is 12.9. The third kappa shape index (κ3) is 4.89. The molecule has 1 N–H and O–H groups in total. The Morgan fingerprint density at radius 2 is 1.82 bits per heavy atom. The highest BCUT2D eigenvalue weighted by atomic mass is 16.5. The number of hydrazine groups is 1. The minimum Gasteiger partial charge on any atom is -0.493 e. The summed E-state index contributed by atoms with van der Waals surface area (Å²) in [5.41, 5.74) is 5.92. The normalized spacial score (nSPS) is 17.2. The second-order valence-electron chi connectivity index (χ2n) is 8.10. The average molecular weight is 466 g/mol. The van der Waals surface area contributed by atoms with Crippen LogP contribution < -0.4 is 19.9 Å². The van der Waals surface area contributed by atoms with Crippen molar-refractivity contribution in [2.24, 2.45) is 0 Å². The molecular weight excluding hydrogens is 438 g/mol. The third-order valence-corrected chi connectivity index (χ3v) is 5.85. The lowest BCUT2D eigenvalue weighted by Gasteiger charge is -2.26. The largest absolute Gasteiger partial charge is 0.493 e. The van der Waals surface area contributed by atoms with Gasteiger partial charge in [-0.15, -0.1) is 0 Å². The van der Waals surface area contributed by atoms with E-state index in [0.29, 0.717) is 49.1 Å². The highest BCUT2D eigenvalue weighted by molar-refractivity contribution is 6.31. The molecule has 2 aliphatic heterocycles. The number of amides is 3. The Hall–Kier alpha value is -3.85. The van der Waals surface area contributed by atoms with Crippen molar-refractivity contribution >= 4 is 29.5 Å². The van der Waals surface area contributed by atoms with E-state index < -0.39 is 11.8 Å². The Balaban J connectivity index is 1.48. The summed E-state index contributed by atoms with van der Waals surface area (Å²) in [6, 6.07) is 10.5. The molecule has 0 spiro atoms. The second kappa shape index (κ2) is 9.96. The van der Waals surface area contributed by atoms with E-state index in [1.54, 1.807) is 29.2 Å². The smallest absolute Gasteiger partial charge is 0.282 e. The standard InChI is InChI=1S/C25H27N3O6/c1-16-4-6-19(12-17(16)2)28-25(31)20(24(30)26-28)13-18-5-7-21(22(14-18)32-3)34-15-23(29)27-8-10-33-11-9-27/h4-7,12-14H,8-11,15H2,1-3H3,(H,26,30)/b20-13+. The van der Waals surface area contributed by atoms with E-state index in [1.807, 2.05) is 26.0 Å². The molecule has 0 bridgehead atoms. The fourth-order valence-corrected chi connectivity index (χ4v) is 3.71. The molecule has 0 unspecified atom stereocenters. The first-order valence-corrected chi connectivity index (χ1v) is 11.0. The van der Waals surface area contributed by atoms with Crippen LogP contribution in [0.5, 0.6) is 11.5 Å². The summed E-state index contributed by atoms with van der Waals surface area (Å²) in [7, 11) is 1.48. The monoisotopic (exact) mass is 465 g/mol.